The van der Waals surface area contributed by atoms with Crippen LogP contribution in [0.15, 0.2) is 24.5 Å². The highest BCUT2D eigenvalue weighted by molar-refractivity contribution is 7.19. The number of aromatic nitrogens is 2. The standard InChI is InChI=1S/C27H33ClN6O2S/c1-15-7-18(28)8-20(21(15)13-33-16(2)10-29-11-17(33)3)24-25-22(30-14-31-24)9-19(37-25)12-34-26(35)23-5-4-6-32(23)27(34)36/h7-9,14,16-17,23,26,29,35H,4-6,10-13H2,1-3H3/t16-,17-,23+,26?/m0/s1. The molecule has 0 radical (unpaired) electrons. The van der Waals surface area contributed by atoms with Crippen molar-refractivity contribution in [3.63, 3.8) is 0 Å². The van der Waals surface area contributed by atoms with Gasteiger partial charge in [0.1, 0.15) is 6.33 Å². The van der Waals surface area contributed by atoms with Crippen molar-refractivity contribution in [2.24, 2.45) is 0 Å². The van der Waals surface area contributed by atoms with Crippen LogP contribution < -0.4 is 5.32 Å². The minimum absolute atomic E-state index is 0.0780. The van der Waals surface area contributed by atoms with E-state index in [2.05, 4.69) is 36.0 Å². The fourth-order valence-electron chi connectivity index (χ4n) is 6.19. The molecule has 3 saturated heterocycles. The number of amides is 2. The molecule has 0 saturated carbocycles. The van der Waals surface area contributed by atoms with Crippen LogP contribution >= 0.6 is 22.9 Å². The van der Waals surface area contributed by atoms with Crippen molar-refractivity contribution in [2.45, 2.75) is 71.1 Å². The minimum atomic E-state index is -0.768. The molecular weight excluding hydrogens is 508 g/mol. The molecule has 3 aliphatic rings. The molecule has 0 spiro atoms. The zero-order chi connectivity index (χ0) is 25.8. The Balaban J connectivity index is 1.36. The van der Waals surface area contributed by atoms with Gasteiger partial charge in [-0.05, 0) is 62.9 Å². The van der Waals surface area contributed by atoms with Gasteiger partial charge in [-0.15, -0.1) is 11.3 Å². The van der Waals surface area contributed by atoms with E-state index >= 15 is 0 Å². The number of nitrogens with zero attached hydrogens (tertiary/aromatic N) is 5. The maximum absolute atomic E-state index is 12.9. The predicted molar refractivity (Wildman–Crippen MR) is 147 cm³/mol. The van der Waals surface area contributed by atoms with Crippen LogP contribution in [0, 0.1) is 6.92 Å². The summed E-state index contributed by atoms with van der Waals surface area (Å²) in [6.07, 6.45) is 2.65. The Bertz CT molecular complexity index is 1340. The van der Waals surface area contributed by atoms with Crippen molar-refractivity contribution >= 4 is 39.2 Å². The van der Waals surface area contributed by atoms with Crippen molar-refractivity contribution in [1.29, 1.82) is 0 Å². The van der Waals surface area contributed by atoms with Crippen LogP contribution in [-0.2, 0) is 13.1 Å². The van der Waals surface area contributed by atoms with Gasteiger partial charge in [-0.1, -0.05) is 11.6 Å². The highest BCUT2D eigenvalue weighted by Gasteiger charge is 2.47. The first-order chi connectivity index (χ1) is 17.8. The molecule has 4 atom stereocenters. The summed E-state index contributed by atoms with van der Waals surface area (Å²) in [5.74, 6) is 0. The Morgan fingerprint density at radius 3 is 2.70 bits per heavy atom. The number of hydrogen-bond acceptors (Lipinski definition) is 7. The summed E-state index contributed by atoms with van der Waals surface area (Å²) in [4.78, 5) is 29.1. The summed E-state index contributed by atoms with van der Waals surface area (Å²) in [6.45, 7) is 10.5. The van der Waals surface area contributed by atoms with Crippen LogP contribution in [0.5, 0.6) is 0 Å². The lowest BCUT2D eigenvalue weighted by Crippen LogP contribution is -2.54. The maximum Gasteiger partial charge on any atom is 0.322 e. The summed E-state index contributed by atoms with van der Waals surface area (Å²) in [7, 11) is 0. The second kappa shape index (κ2) is 9.78. The number of carbonyl (C=O) groups excluding carboxylic acids is 1. The summed E-state index contributed by atoms with van der Waals surface area (Å²) in [5, 5.41) is 15.0. The van der Waals surface area contributed by atoms with Crippen LogP contribution in [0.4, 0.5) is 4.79 Å². The Labute approximate surface area is 226 Å². The van der Waals surface area contributed by atoms with Gasteiger partial charge in [0.2, 0.25) is 0 Å². The highest BCUT2D eigenvalue weighted by atomic mass is 35.5. The van der Waals surface area contributed by atoms with Crippen LogP contribution in [0.2, 0.25) is 5.02 Å². The highest BCUT2D eigenvalue weighted by Crippen LogP contribution is 2.39. The monoisotopic (exact) mass is 540 g/mol. The van der Waals surface area contributed by atoms with E-state index < -0.39 is 6.23 Å². The number of benzene rings is 1. The molecule has 2 aromatic heterocycles. The molecule has 6 rings (SSSR count). The van der Waals surface area contributed by atoms with Gasteiger partial charge in [-0.2, -0.15) is 0 Å². The lowest BCUT2D eigenvalue weighted by Gasteiger charge is -2.40. The second-order valence-corrected chi connectivity index (χ2v) is 12.2. The number of urea groups is 1. The molecule has 8 nitrogen and oxygen atoms in total. The number of hydrogen-bond donors (Lipinski definition) is 2. The van der Waals surface area contributed by atoms with Gasteiger partial charge < -0.3 is 15.3 Å². The van der Waals surface area contributed by atoms with Crippen molar-refractivity contribution in [3.8, 4) is 11.3 Å². The third kappa shape index (κ3) is 4.40. The number of rotatable bonds is 5. The average Bonchev–Trinajstić information content (AvgIpc) is 3.56. The maximum atomic E-state index is 12.9. The van der Waals surface area contributed by atoms with E-state index in [-0.39, 0.29) is 12.1 Å². The molecule has 0 bridgehead atoms. The zero-order valence-corrected chi connectivity index (χ0v) is 23.0. The summed E-state index contributed by atoms with van der Waals surface area (Å²) in [6, 6.07) is 6.74. The number of thiophene rings is 1. The Kier molecular flexibility index (Phi) is 6.61. The fourth-order valence-corrected chi connectivity index (χ4v) is 7.57. The van der Waals surface area contributed by atoms with Gasteiger partial charge in [0.15, 0.2) is 6.23 Å². The smallest absolute Gasteiger partial charge is 0.322 e. The van der Waals surface area contributed by atoms with Crippen LogP contribution in [-0.4, -0.2) is 79.8 Å². The predicted octanol–water partition coefficient (Wildman–Crippen LogP) is 4.22. The summed E-state index contributed by atoms with van der Waals surface area (Å²) < 4.78 is 0.975. The number of halogens is 1. The van der Waals surface area contributed by atoms with E-state index in [1.54, 1.807) is 22.6 Å². The normalized spacial score (nSPS) is 26.5. The third-order valence-electron chi connectivity index (χ3n) is 8.19. The first-order valence-electron chi connectivity index (χ1n) is 13.1. The first kappa shape index (κ1) is 25.0. The molecule has 2 N–H and O–H groups in total. The molecule has 5 heterocycles. The van der Waals surface area contributed by atoms with Crippen molar-refractivity contribution in [1.82, 2.24) is 30.0 Å². The number of aliphatic hydroxyl groups is 1. The van der Waals surface area contributed by atoms with Crippen molar-refractivity contribution in [3.05, 3.63) is 45.6 Å². The number of aryl methyl sites for hydroxylation is 1. The molecule has 3 aromatic rings. The van der Waals surface area contributed by atoms with Gasteiger partial charge in [0.05, 0.1) is 28.5 Å². The number of carbonyl (C=O) groups is 1. The van der Waals surface area contributed by atoms with Crippen LogP contribution in [0.1, 0.15) is 42.7 Å². The van der Waals surface area contributed by atoms with E-state index in [0.717, 1.165) is 70.9 Å². The minimum Gasteiger partial charge on any atom is -0.371 e. The summed E-state index contributed by atoms with van der Waals surface area (Å²) in [5.41, 5.74) is 5.12. The van der Waals surface area contributed by atoms with Crippen molar-refractivity contribution < 1.29 is 9.90 Å². The number of nitrogens with one attached hydrogen (secondary N) is 1. The first-order valence-corrected chi connectivity index (χ1v) is 14.3. The number of piperazine rings is 1. The van der Waals surface area contributed by atoms with Gasteiger partial charge >= 0.3 is 6.03 Å². The number of fused-ring (bicyclic) bond motifs is 2. The molecule has 2 amide bonds. The molecule has 10 heteroatoms. The van der Waals surface area contributed by atoms with Crippen molar-refractivity contribution in [2.75, 3.05) is 19.6 Å². The quantitative estimate of drug-likeness (QED) is 0.504. The summed E-state index contributed by atoms with van der Waals surface area (Å²) >= 11 is 8.17. The molecule has 0 aliphatic carbocycles. The molecular formula is C27H33ClN6O2S. The Hall–Kier alpha value is -2.30. The van der Waals surface area contributed by atoms with Gasteiger partial charge in [0, 0.05) is 53.7 Å². The average molecular weight is 541 g/mol. The van der Waals surface area contributed by atoms with Gasteiger partial charge in [-0.3, -0.25) is 9.80 Å². The van der Waals surface area contributed by atoms with E-state index in [1.165, 1.54) is 5.56 Å². The lowest BCUT2D eigenvalue weighted by atomic mass is 9.96. The van der Waals surface area contributed by atoms with E-state index in [1.807, 2.05) is 23.1 Å². The SMILES string of the molecule is Cc1cc(Cl)cc(-c2ncnc3cc(CN4C(=O)N5CCC[C@@H]5C4O)sc23)c1CN1[C@@H](C)CNC[C@@H]1C. The lowest BCUT2D eigenvalue weighted by molar-refractivity contribution is 0.0334. The molecule has 3 fully saturated rings. The fraction of sp³-hybridized carbons (Fsp3) is 0.519. The Morgan fingerprint density at radius 2 is 1.95 bits per heavy atom. The van der Waals surface area contributed by atoms with E-state index in [9.17, 15) is 9.90 Å². The van der Waals surface area contributed by atoms with E-state index in [0.29, 0.717) is 23.7 Å². The molecule has 1 unspecified atom stereocenters. The second-order valence-electron chi connectivity index (χ2n) is 10.7. The van der Waals surface area contributed by atoms with Gasteiger partial charge in [-0.25, -0.2) is 14.8 Å². The molecule has 3 aliphatic heterocycles. The van der Waals surface area contributed by atoms with Crippen LogP contribution in [0.3, 0.4) is 0 Å². The van der Waals surface area contributed by atoms with E-state index in [4.69, 9.17) is 16.6 Å². The third-order valence-corrected chi connectivity index (χ3v) is 9.52. The number of aliphatic hydroxyl groups excluding tert-OH is 1. The van der Waals surface area contributed by atoms with Gasteiger partial charge in [0.25, 0.3) is 0 Å². The molecule has 1 aromatic carbocycles. The molecule has 196 valence electrons. The zero-order valence-electron chi connectivity index (χ0n) is 21.4. The Morgan fingerprint density at radius 1 is 1.16 bits per heavy atom. The largest absolute Gasteiger partial charge is 0.371 e. The van der Waals surface area contributed by atoms with Crippen LogP contribution in [0.25, 0.3) is 21.5 Å². The molecule has 37 heavy (non-hydrogen) atoms. The topological polar surface area (TPSA) is 84.8 Å².